The lowest BCUT2D eigenvalue weighted by Crippen LogP contribution is -2.41. The van der Waals surface area contributed by atoms with Gasteiger partial charge in [0.1, 0.15) is 0 Å². The zero-order valence-corrected chi connectivity index (χ0v) is 9.83. The summed E-state index contributed by atoms with van der Waals surface area (Å²) in [7, 11) is 0. The van der Waals surface area contributed by atoms with Crippen LogP contribution in [0, 0.1) is 0 Å². The molecule has 2 heteroatoms. The Morgan fingerprint density at radius 1 is 1.00 bits per heavy atom. The molecule has 0 N–H and O–H groups in total. The van der Waals surface area contributed by atoms with Crippen molar-refractivity contribution in [3.63, 3.8) is 0 Å². The highest BCUT2D eigenvalue weighted by atomic mass is 79.9. The van der Waals surface area contributed by atoms with Crippen LogP contribution in [0.25, 0.3) is 10.8 Å². The first kappa shape index (κ1) is 9.37. The molecule has 0 amide bonds. The van der Waals surface area contributed by atoms with Crippen molar-refractivity contribution in [1.82, 2.24) is 0 Å². The summed E-state index contributed by atoms with van der Waals surface area (Å²) in [6, 6.07) is 14.9. The van der Waals surface area contributed by atoms with Gasteiger partial charge in [0.25, 0.3) is 0 Å². The summed E-state index contributed by atoms with van der Waals surface area (Å²) in [5.41, 5.74) is 1.34. The third-order valence-electron chi connectivity index (χ3n) is 2.93. The largest absolute Gasteiger partial charge is 0.378 e. The predicted molar refractivity (Wildman–Crippen MR) is 65.4 cm³/mol. The van der Waals surface area contributed by atoms with Gasteiger partial charge >= 0.3 is 0 Å². The van der Waals surface area contributed by atoms with E-state index in [2.05, 4.69) is 58.4 Å². The maximum atomic E-state index is 5.29. The summed E-state index contributed by atoms with van der Waals surface area (Å²) < 4.78 is 5.33. The Morgan fingerprint density at radius 3 is 2.47 bits per heavy atom. The van der Waals surface area contributed by atoms with Crippen molar-refractivity contribution >= 4 is 26.7 Å². The molecule has 1 aliphatic heterocycles. The Kier molecular flexibility index (Phi) is 2.08. The van der Waals surface area contributed by atoms with E-state index in [9.17, 15) is 0 Å². The minimum Gasteiger partial charge on any atom is -0.378 e. The minimum absolute atomic E-state index is 0.0356. The molecule has 0 bridgehead atoms. The highest BCUT2D eigenvalue weighted by Gasteiger charge is 2.38. The molecule has 0 atom stereocenters. The molecule has 1 fully saturated rings. The highest BCUT2D eigenvalue weighted by Crippen LogP contribution is 2.41. The molecule has 0 radical (unpaired) electrons. The molecule has 76 valence electrons. The van der Waals surface area contributed by atoms with Crippen molar-refractivity contribution in [2.24, 2.45) is 0 Å². The van der Waals surface area contributed by atoms with Gasteiger partial charge in [-0.1, -0.05) is 58.4 Å². The molecule has 0 unspecified atom stereocenters. The first-order valence-electron chi connectivity index (χ1n) is 5.04. The maximum absolute atomic E-state index is 5.29. The van der Waals surface area contributed by atoms with Crippen LogP contribution in [0.15, 0.2) is 42.5 Å². The van der Waals surface area contributed by atoms with E-state index in [0.717, 1.165) is 13.2 Å². The van der Waals surface area contributed by atoms with Crippen molar-refractivity contribution in [1.29, 1.82) is 0 Å². The Morgan fingerprint density at radius 2 is 1.73 bits per heavy atom. The molecule has 2 aromatic rings. The lowest BCUT2D eigenvalue weighted by molar-refractivity contribution is -0.00635. The third kappa shape index (κ3) is 1.40. The average molecular weight is 263 g/mol. The molecule has 0 spiro atoms. The van der Waals surface area contributed by atoms with Crippen LogP contribution in [-0.2, 0) is 9.06 Å². The van der Waals surface area contributed by atoms with E-state index in [-0.39, 0.29) is 4.32 Å². The van der Waals surface area contributed by atoms with Crippen LogP contribution in [0.5, 0.6) is 0 Å². The van der Waals surface area contributed by atoms with Gasteiger partial charge in [-0.05, 0) is 16.3 Å². The number of ether oxygens (including phenoxy) is 1. The van der Waals surface area contributed by atoms with Crippen LogP contribution in [-0.4, -0.2) is 13.2 Å². The standard InChI is InChI=1S/C13H11BrO/c14-13(8-15-9-13)12-7-3-5-10-4-1-2-6-11(10)12/h1-7H,8-9H2. The van der Waals surface area contributed by atoms with Crippen molar-refractivity contribution in [2.45, 2.75) is 4.32 Å². The highest BCUT2D eigenvalue weighted by molar-refractivity contribution is 9.09. The summed E-state index contributed by atoms with van der Waals surface area (Å²) >= 11 is 3.77. The molecule has 0 saturated carbocycles. The molecule has 1 aliphatic rings. The molecule has 0 aromatic heterocycles. The maximum Gasteiger partial charge on any atom is 0.0977 e. The van der Waals surface area contributed by atoms with Gasteiger partial charge in [0.05, 0.1) is 17.5 Å². The fourth-order valence-corrected chi connectivity index (χ4v) is 2.72. The van der Waals surface area contributed by atoms with Crippen molar-refractivity contribution < 1.29 is 4.74 Å². The van der Waals surface area contributed by atoms with Gasteiger partial charge in [0.2, 0.25) is 0 Å². The average Bonchev–Trinajstić information content (AvgIpc) is 2.25. The smallest absolute Gasteiger partial charge is 0.0977 e. The lowest BCUT2D eigenvalue weighted by atomic mass is 9.92. The van der Waals surface area contributed by atoms with Gasteiger partial charge in [0, 0.05) is 0 Å². The van der Waals surface area contributed by atoms with Crippen LogP contribution < -0.4 is 0 Å². The molecule has 15 heavy (non-hydrogen) atoms. The fourth-order valence-electron chi connectivity index (χ4n) is 2.05. The second-order valence-corrected chi connectivity index (χ2v) is 5.50. The van der Waals surface area contributed by atoms with E-state index in [0.29, 0.717) is 0 Å². The van der Waals surface area contributed by atoms with Crippen LogP contribution in [0.2, 0.25) is 0 Å². The van der Waals surface area contributed by atoms with Gasteiger partial charge in [0.15, 0.2) is 0 Å². The summed E-state index contributed by atoms with van der Waals surface area (Å²) in [5, 5.41) is 2.61. The SMILES string of the molecule is BrC1(c2cccc3ccccc23)COC1. The molecule has 1 heterocycles. The summed E-state index contributed by atoms with van der Waals surface area (Å²) in [6.07, 6.45) is 0. The predicted octanol–water partition coefficient (Wildman–Crippen LogP) is 3.46. The lowest BCUT2D eigenvalue weighted by Gasteiger charge is -2.37. The molecular weight excluding hydrogens is 252 g/mol. The first-order valence-corrected chi connectivity index (χ1v) is 5.84. The Hall–Kier alpha value is -0.860. The van der Waals surface area contributed by atoms with Gasteiger partial charge in [-0.15, -0.1) is 0 Å². The summed E-state index contributed by atoms with van der Waals surface area (Å²) in [5.74, 6) is 0. The number of rotatable bonds is 1. The Bertz CT molecular complexity index is 497. The van der Waals surface area contributed by atoms with Crippen LogP contribution in [0.4, 0.5) is 0 Å². The van der Waals surface area contributed by atoms with E-state index in [1.54, 1.807) is 0 Å². The van der Waals surface area contributed by atoms with Crippen LogP contribution >= 0.6 is 15.9 Å². The number of alkyl halides is 1. The third-order valence-corrected chi connectivity index (χ3v) is 3.82. The molecular formula is C13H11BrO. The summed E-state index contributed by atoms with van der Waals surface area (Å²) in [4.78, 5) is 0. The fraction of sp³-hybridized carbons (Fsp3) is 0.231. The van der Waals surface area contributed by atoms with Gasteiger partial charge in [-0.3, -0.25) is 0 Å². The van der Waals surface area contributed by atoms with Crippen molar-refractivity contribution in [3.8, 4) is 0 Å². The first-order chi connectivity index (χ1) is 7.30. The molecule has 3 rings (SSSR count). The Balaban J connectivity index is 2.26. The number of fused-ring (bicyclic) bond motifs is 1. The molecule has 2 aromatic carbocycles. The number of halogens is 1. The van der Waals surface area contributed by atoms with E-state index >= 15 is 0 Å². The number of hydrogen-bond acceptors (Lipinski definition) is 1. The van der Waals surface area contributed by atoms with Gasteiger partial charge in [-0.2, -0.15) is 0 Å². The normalized spacial score (nSPS) is 18.7. The quantitative estimate of drug-likeness (QED) is 0.716. The van der Waals surface area contributed by atoms with Crippen LogP contribution in [0.1, 0.15) is 5.56 Å². The van der Waals surface area contributed by atoms with E-state index in [1.807, 2.05) is 0 Å². The molecule has 1 saturated heterocycles. The second-order valence-electron chi connectivity index (χ2n) is 3.98. The monoisotopic (exact) mass is 262 g/mol. The van der Waals surface area contributed by atoms with E-state index < -0.39 is 0 Å². The van der Waals surface area contributed by atoms with Gasteiger partial charge in [-0.25, -0.2) is 0 Å². The topological polar surface area (TPSA) is 9.23 Å². The van der Waals surface area contributed by atoms with E-state index in [1.165, 1.54) is 16.3 Å². The van der Waals surface area contributed by atoms with E-state index in [4.69, 9.17) is 4.74 Å². The number of benzene rings is 2. The van der Waals surface area contributed by atoms with Crippen molar-refractivity contribution in [2.75, 3.05) is 13.2 Å². The zero-order chi connectivity index (χ0) is 10.3. The summed E-state index contributed by atoms with van der Waals surface area (Å²) in [6.45, 7) is 1.53. The van der Waals surface area contributed by atoms with Crippen molar-refractivity contribution in [3.05, 3.63) is 48.0 Å². The minimum atomic E-state index is 0.0356. The molecule has 1 nitrogen and oxygen atoms in total. The zero-order valence-electron chi connectivity index (χ0n) is 8.24. The van der Waals surface area contributed by atoms with Crippen LogP contribution in [0.3, 0.4) is 0 Å². The molecule has 0 aliphatic carbocycles. The number of hydrogen-bond donors (Lipinski definition) is 0. The second kappa shape index (κ2) is 3.32. The van der Waals surface area contributed by atoms with Gasteiger partial charge < -0.3 is 4.74 Å². The Labute approximate surface area is 97.2 Å².